The van der Waals surface area contributed by atoms with Crippen LogP contribution < -0.4 is 5.73 Å². The Bertz CT molecular complexity index is 1130. The van der Waals surface area contributed by atoms with Gasteiger partial charge in [-0.1, -0.05) is 54.1 Å². The topological polar surface area (TPSA) is 95.7 Å². The van der Waals surface area contributed by atoms with Gasteiger partial charge in [0.15, 0.2) is 13.3 Å². The molecular formula is C17H16B3ClFNO5S. The largest absolute Gasteiger partial charge is 0.467 e. The van der Waals surface area contributed by atoms with Gasteiger partial charge < -0.3 is 14.7 Å². The monoisotopic (exact) mass is 433 g/mol. The van der Waals surface area contributed by atoms with E-state index in [4.69, 9.17) is 26.3 Å². The van der Waals surface area contributed by atoms with E-state index in [9.17, 15) is 17.6 Å². The van der Waals surface area contributed by atoms with Gasteiger partial charge in [0.05, 0.1) is 9.57 Å². The first-order valence-electron chi connectivity index (χ1n) is 8.59. The molecule has 6 nitrogen and oxygen atoms in total. The maximum absolute atomic E-state index is 14.5. The zero-order valence-electron chi connectivity index (χ0n) is 15.9. The molecule has 1 aliphatic rings. The van der Waals surface area contributed by atoms with Gasteiger partial charge in [-0.2, -0.15) is 8.42 Å². The van der Waals surface area contributed by atoms with Gasteiger partial charge >= 0.3 is 10.1 Å². The first-order chi connectivity index (χ1) is 13.4. The first kappa shape index (κ1) is 21.3. The Morgan fingerprint density at radius 1 is 1.14 bits per heavy atom. The van der Waals surface area contributed by atoms with Crippen molar-refractivity contribution in [2.75, 3.05) is 0 Å². The summed E-state index contributed by atoms with van der Waals surface area (Å²) >= 11 is 5.80. The van der Waals surface area contributed by atoms with Crippen molar-refractivity contribution in [2.24, 2.45) is 5.73 Å². The summed E-state index contributed by atoms with van der Waals surface area (Å²) in [6.45, 7) is 0. The fourth-order valence-corrected chi connectivity index (χ4v) is 4.15. The van der Waals surface area contributed by atoms with Crippen LogP contribution >= 0.6 is 11.6 Å². The number of hydrogen-bond acceptors (Lipinski definition) is 6. The Morgan fingerprint density at radius 2 is 1.76 bits per heavy atom. The summed E-state index contributed by atoms with van der Waals surface area (Å²) in [5.41, 5.74) is 4.10. The third-order valence-electron chi connectivity index (χ3n) is 4.93. The van der Waals surface area contributed by atoms with E-state index in [-0.39, 0.29) is 10.6 Å². The number of nitrogens with two attached hydrogens (primary N) is 1. The number of carbonyl (C=O) groups is 1. The predicted molar refractivity (Wildman–Crippen MR) is 114 cm³/mol. The number of ketones is 1. The summed E-state index contributed by atoms with van der Waals surface area (Å²) < 4.78 is 49.4. The number of hydrogen-bond donors (Lipinski definition) is 1. The number of halogens is 2. The highest BCUT2D eigenvalue weighted by atomic mass is 35.5. The molecule has 148 valence electrons. The fraction of sp³-hybridized carbons (Fsp3) is 0.118. The van der Waals surface area contributed by atoms with Crippen molar-refractivity contribution in [3.63, 3.8) is 0 Å². The molecule has 2 aromatic carbocycles. The molecule has 1 aliphatic heterocycles. The quantitative estimate of drug-likeness (QED) is 0.501. The lowest BCUT2D eigenvalue weighted by Gasteiger charge is -2.26. The Balaban J connectivity index is 1.97. The molecule has 0 aliphatic carbocycles. The van der Waals surface area contributed by atoms with Crippen LogP contribution in [0, 0.1) is 5.82 Å². The first-order valence-corrected chi connectivity index (χ1v) is 10.4. The van der Waals surface area contributed by atoms with Crippen LogP contribution in [0.4, 0.5) is 4.39 Å². The second-order valence-electron chi connectivity index (χ2n) is 7.17. The van der Waals surface area contributed by atoms with Gasteiger partial charge in [0.2, 0.25) is 17.4 Å². The van der Waals surface area contributed by atoms with Crippen molar-refractivity contribution in [3.05, 3.63) is 82.1 Å². The minimum atomic E-state index is -4.37. The number of Topliss-reactive ketones (excluding diaryl/α,β-unsaturated/α-hetero) is 1. The third kappa shape index (κ3) is 3.42. The fourth-order valence-electron chi connectivity index (χ4n) is 2.97. The number of benzene rings is 2. The lowest BCUT2D eigenvalue weighted by atomic mass is 9.65. The molecule has 29 heavy (non-hydrogen) atoms. The molecule has 2 aromatic rings. The second-order valence-corrected chi connectivity index (χ2v) is 9.68. The van der Waals surface area contributed by atoms with E-state index < -0.39 is 43.4 Å². The van der Waals surface area contributed by atoms with Gasteiger partial charge in [-0.3, -0.25) is 4.79 Å². The maximum atomic E-state index is 14.5. The summed E-state index contributed by atoms with van der Waals surface area (Å²) in [6.07, 6.45) is 0. The molecule has 0 spiro atoms. The van der Waals surface area contributed by atoms with Gasteiger partial charge in [-0.15, -0.1) is 0 Å². The molecule has 0 saturated carbocycles. The average Bonchev–Trinajstić information content (AvgIpc) is 2.88. The Hall–Kier alpha value is -2.39. The lowest BCUT2D eigenvalue weighted by Crippen LogP contribution is -2.40. The molecule has 0 radical (unpaired) electrons. The van der Waals surface area contributed by atoms with Crippen molar-refractivity contribution in [1.29, 1.82) is 0 Å². The molecule has 0 amide bonds. The van der Waals surface area contributed by atoms with Gasteiger partial charge in [0, 0.05) is 5.56 Å². The van der Waals surface area contributed by atoms with E-state index in [1.54, 1.807) is 30.3 Å². The Labute approximate surface area is 175 Å². The number of carbonyl (C=O) groups excluding carboxylic acids is 1. The van der Waals surface area contributed by atoms with Gasteiger partial charge in [-0.05, 0) is 11.6 Å². The molecule has 2 N–H and O–H groups in total. The number of rotatable bonds is 5. The zero-order valence-corrected chi connectivity index (χ0v) is 17.5. The van der Waals surface area contributed by atoms with Crippen molar-refractivity contribution < 1.29 is 26.5 Å². The summed E-state index contributed by atoms with van der Waals surface area (Å²) in [6, 6.07) is 12.4. The molecule has 1 heterocycles. The standard InChI is InChI=1S/C17H16B3ClFNO5S/c18-16(10-7-4-8-11(21)12(10)22)14(24)13(15(23)27-16)28-29(25,26)17(19,20)9-5-2-1-3-6-9/h1-8H,18-20,23H2/t16-/m1/s1. The summed E-state index contributed by atoms with van der Waals surface area (Å²) in [5.74, 6) is -3.05. The average molecular weight is 433 g/mol. The van der Waals surface area contributed by atoms with E-state index in [0.717, 1.165) is 0 Å². The maximum Gasteiger partial charge on any atom is 0.304 e. The van der Waals surface area contributed by atoms with Crippen molar-refractivity contribution in [1.82, 2.24) is 0 Å². The minimum Gasteiger partial charge on any atom is -0.467 e. The van der Waals surface area contributed by atoms with E-state index in [1.807, 2.05) is 0 Å². The summed E-state index contributed by atoms with van der Waals surface area (Å²) in [5, 5.41) is -0.217. The van der Waals surface area contributed by atoms with Crippen LogP contribution in [0.2, 0.25) is 5.02 Å². The van der Waals surface area contributed by atoms with E-state index in [2.05, 4.69) is 0 Å². The van der Waals surface area contributed by atoms with Gasteiger partial charge in [0.1, 0.15) is 21.5 Å². The molecular weight excluding hydrogens is 417 g/mol. The van der Waals surface area contributed by atoms with Gasteiger partial charge in [-0.25, -0.2) is 4.39 Å². The molecule has 0 unspecified atom stereocenters. The van der Waals surface area contributed by atoms with E-state index >= 15 is 0 Å². The third-order valence-corrected chi connectivity index (χ3v) is 7.09. The second kappa shape index (κ2) is 7.14. The van der Waals surface area contributed by atoms with E-state index in [0.29, 0.717) is 5.56 Å². The normalized spacial score (nSPS) is 19.9. The predicted octanol–water partition coefficient (Wildman–Crippen LogP) is -0.585. The van der Waals surface area contributed by atoms with Crippen molar-refractivity contribution in [2.45, 2.75) is 10.0 Å². The van der Waals surface area contributed by atoms with Crippen molar-refractivity contribution in [3.8, 4) is 0 Å². The van der Waals surface area contributed by atoms with Crippen LogP contribution in [0.3, 0.4) is 0 Å². The molecule has 0 fully saturated rings. The SMILES string of the molecule is BC(B)(c1ccccc1)S(=O)(=O)OC1=C(N)O[C@](B)(c2cccc(Cl)c2F)C1=O. The molecule has 3 rings (SSSR count). The summed E-state index contributed by atoms with van der Waals surface area (Å²) in [7, 11) is -0.235. The molecule has 0 saturated heterocycles. The molecule has 0 bridgehead atoms. The van der Waals surface area contributed by atoms with Crippen LogP contribution in [0.15, 0.2) is 60.2 Å². The van der Waals surface area contributed by atoms with Gasteiger partial charge in [0.25, 0.3) is 0 Å². The van der Waals surface area contributed by atoms with Crippen LogP contribution in [0.1, 0.15) is 11.1 Å². The molecule has 1 atom stereocenters. The highest BCUT2D eigenvalue weighted by molar-refractivity contribution is 7.90. The van der Waals surface area contributed by atoms with Crippen LogP contribution in [0.25, 0.3) is 0 Å². The molecule has 12 heteroatoms. The minimum absolute atomic E-state index is 0.184. The van der Waals surface area contributed by atoms with E-state index in [1.165, 1.54) is 41.7 Å². The van der Waals surface area contributed by atoms with Crippen molar-refractivity contribution >= 4 is 51.0 Å². The lowest BCUT2D eigenvalue weighted by molar-refractivity contribution is -0.126. The van der Waals surface area contributed by atoms with Crippen LogP contribution in [-0.4, -0.2) is 37.7 Å². The summed E-state index contributed by atoms with van der Waals surface area (Å²) in [4.78, 5) is 13.0. The molecule has 0 aromatic heterocycles. The highest BCUT2D eigenvalue weighted by Gasteiger charge is 2.52. The number of ether oxygens (including phenoxy) is 1. The zero-order chi connectivity index (χ0) is 21.6. The van der Waals surface area contributed by atoms with Crippen LogP contribution in [-0.2, 0) is 33.9 Å². The van der Waals surface area contributed by atoms with Crippen LogP contribution in [0.5, 0.6) is 0 Å². The highest BCUT2D eigenvalue weighted by Crippen LogP contribution is 2.39. The smallest absolute Gasteiger partial charge is 0.304 e. The Kier molecular flexibility index (Phi) is 5.25. The Morgan fingerprint density at radius 3 is 2.38 bits per heavy atom.